The maximum atomic E-state index is 14.3. The zero-order chi connectivity index (χ0) is 29.3. The molecule has 0 spiro atoms. The lowest BCUT2D eigenvalue weighted by molar-refractivity contribution is -0.141. The number of ether oxygens (including phenoxy) is 1. The summed E-state index contributed by atoms with van der Waals surface area (Å²) in [6.07, 6.45) is 1.33. The summed E-state index contributed by atoms with van der Waals surface area (Å²) in [6.45, 7) is 17.7. The van der Waals surface area contributed by atoms with E-state index in [-0.39, 0.29) is 17.7 Å². The lowest BCUT2D eigenvalue weighted by atomic mass is 9.95. The molecule has 39 heavy (non-hydrogen) atoms. The number of nitrogens with one attached hydrogen (secondary N) is 2. The van der Waals surface area contributed by atoms with Crippen LogP contribution in [0.15, 0.2) is 42.5 Å². The van der Waals surface area contributed by atoms with Crippen molar-refractivity contribution in [1.29, 1.82) is 0 Å². The Kier molecular flexibility index (Phi) is 11.6. The molecule has 0 aromatic heterocycles. The van der Waals surface area contributed by atoms with E-state index in [1.807, 2.05) is 84.0 Å². The van der Waals surface area contributed by atoms with E-state index in [1.165, 1.54) is 0 Å². The van der Waals surface area contributed by atoms with Crippen LogP contribution in [0.5, 0.6) is 0 Å². The molecule has 7 heteroatoms. The van der Waals surface area contributed by atoms with Gasteiger partial charge >= 0.3 is 6.09 Å². The number of carbonyl (C=O) groups excluding carboxylic acids is 3. The molecule has 0 radical (unpaired) electrons. The molecule has 0 aliphatic rings. The minimum atomic E-state index is -0.876. The van der Waals surface area contributed by atoms with Gasteiger partial charge in [-0.1, -0.05) is 69.2 Å². The standard InChI is InChI=1S/C32H47N3O4/c1-10-11-18-35(30(37)27(19-21(2)3)34-31(38)39-32(7,8)9)28(25-17-16-22(4)20-24(25)6)29(36)33-26-15-13-12-14-23(26)5/h12-17,20-21,27-28H,10-11,18-19H2,1-9H3,(H,33,36)(H,34,38). The molecule has 2 N–H and O–H groups in total. The van der Waals surface area contributed by atoms with E-state index in [4.69, 9.17) is 4.74 Å². The molecule has 2 aromatic rings. The fraction of sp³-hybridized carbons (Fsp3) is 0.531. The van der Waals surface area contributed by atoms with Gasteiger partial charge in [0.15, 0.2) is 0 Å². The fourth-order valence-corrected chi connectivity index (χ4v) is 4.54. The molecule has 2 rings (SSSR count). The van der Waals surface area contributed by atoms with Crippen LogP contribution in [-0.4, -0.2) is 41.0 Å². The number of unbranched alkanes of at least 4 members (excludes halogenated alkanes) is 1. The van der Waals surface area contributed by atoms with Gasteiger partial charge in [-0.2, -0.15) is 0 Å². The predicted molar refractivity (Wildman–Crippen MR) is 158 cm³/mol. The topological polar surface area (TPSA) is 87.7 Å². The zero-order valence-corrected chi connectivity index (χ0v) is 25.2. The number of aryl methyl sites for hydroxylation is 3. The van der Waals surface area contributed by atoms with Crippen LogP contribution in [0.3, 0.4) is 0 Å². The van der Waals surface area contributed by atoms with E-state index in [9.17, 15) is 14.4 Å². The largest absolute Gasteiger partial charge is 0.444 e. The van der Waals surface area contributed by atoms with Gasteiger partial charge in [0, 0.05) is 12.2 Å². The minimum Gasteiger partial charge on any atom is -0.444 e. The van der Waals surface area contributed by atoms with E-state index in [0.29, 0.717) is 25.1 Å². The van der Waals surface area contributed by atoms with Crippen LogP contribution in [0.4, 0.5) is 10.5 Å². The van der Waals surface area contributed by atoms with Gasteiger partial charge < -0.3 is 20.3 Å². The maximum absolute atomic E-state index is 14.3. The van der Waals surface area contributed by atoms with Crippen LogP contribution in [-0.2, 0) is 14.3 Å². The quantitative estimate of drug-likeness (QED) is 0.328. The van der Waals surface area contributed by atoms with Gasteiger partial charge in [-0.15, -0.1) is 0 Å². The van der Waals surface area contributed by atoms with Gasteiger partial charge in [-0.3, -0.25) is 9.59 Å². The average molecular weight is 538 g/mol. The lowest BCUT2D eigenvalue weighted by Crippen LogP contribution is -2.53. The van der Waals surface area contributed by atoms with Crippen LogP contribution < -0.4 is 10.6 Å². The molecule has 0 fully saturated rings. The normalized spacial score (nSPS) is 13.0. The summed E-state index contributed by atoms with van der Waals surface area (Å²) in [5.74, 6) is -0.462. The number of rotatable bonds is 11. The number of alkyl carbamates (subject to hydrolysis) is 1. The third-order valence-electron chi connectivity index (χ3n) is 6.41. The average Bonchev–Trinajstić information content (AvgIpc) is 2.81. The third kappa shape index (κ3) is 9.72. The second-order valence-corrected chi connectivity index (χ2v) is 11.8. The molecule has 3 amide bonds. The Balaban J connectivity index is 2.58. The van der Waals surface area contributed by atoms with E-state index < -0.39 is 23.8 Å². The Morgan fingerprint density at radius 2 is 1.64 bits per heavy atom. The first-order valence-electron chi connectivity index (χ1n) is 14.0. The van der Waals surface area contributed by atoms with Crippen molar-refractivity contribution in [2.75, 3.05) is 11.9 Å². The Labute approximate surface area is 234 Å². The monoisotopic (exact) mass is 537 g/mol. The number of carbonyl (C=O) groups is 3. The summed E-state index contributed by atoms with van der Waals surface area (Å²) >= 11 is 0. The number of hydrogen-bond donors (Lipinski definition) is 2. The molecule has 2 atom stereocenters. The number of amides is 3. The van der Waals surface area contributed by atoms with E-state index in [2.05, 4.69) is 10.6 Å². The molecule has 214 valence electrons. The molecule has 7 nitrogen and oxygen atoms in total. The van der Waals surface area contributed by atoms with Crippen molar-refractivity contribution in [3.8, 4) is 0 Å². The van der Waals surface area contributed by atoms with Gasteiger partial charge in [0.25, 0.3) is 5.91 Å². The number of nitrogens with zero attached hydrogens (tertiary/aromatic N) is 1. The molecule has 0 heterocycles. The highest BCUT2D eigenvalue weighted by atomic mass is 16.6. The molecule has 2 aromatic carbocycles. The first-order valence-corrected chi connectivity index (χ1v) is 14.0. The summed E-state index contributed by atoms with van der Waals surface area (Å²) in [5.41, 5.74) is 3.69. The summed E-state index contributed by atoms with van der Waals surface area (Å²) in [4.78, 5) is 42.7. The predicted octanol–water partition coefficient (Wildman–Crippen LogP) is 6.86. The highest BCUT2D eigenvalue weighted by Gasteiger charge is 2.37. The third-order valence-corrected chi connectivity index (χ3v) is 6.41. The van der Waals surface area contributed by atoms with Crippen molar-refractivity contribution >= 4 is 23.6 Å². The van der Waals surface area contributed by atoms with Crippen molar-refractivity contribution in [2.24, 2.45) is 5.92 Å². The minimum absolute atomic E-state index is 0.127. The van der Waals surface area contributed by atoms with Gasteiger partial charge in [-0.25, -0.2) is 4.79 Å². The molecule has 2 unspecified atom stereocenters. The smallest absolute Gasteiger partial charge is 0.408 e. The molecular formula is C32H47N3O4. The SMILES string of the molecule is CCCCN(C(=O)C(CC(C)C)NC(=O)OC(C)(C)C)C(C(=O)Nc1ccccc1C)c1ccc(C)cc1C. The first-order chi connectivity index (χ1) is 18.2. The van der Waals surface area contributed by atoms with E-state index >= 15 is 0 Å². The number of para-hydroxylation sites is 1. The summed E-state index contributed by atoms with van der Waals surface area (Å²) in [7, 11) is 0. The zero-order valence-electron chi connectivity index (χ0n) is 25.2. The van der Waals surface area contributed by atoms with Crippen LogP contribution in [0.25, 0.3) is 0 Å². The molecule has 0 bridgehead atoms. The second-order valence-electron chi connectivity index (χ2n) is 11.8. The Morgan fingerprint density at radius 3 is 2.21 bits per heavy atom. The second kappa shape index (κ2) is 14.2. The lowest BCUT2D eigenvalue weighted by Gasteiger charge is -2.35. The highest BCUT2D eigenvalue weighted by molar-refractivity contribution is 5.99. The molecular weight excluding hydrogens is 490 g/mol. The maximum Gasteiger partial charge on any atom is 0.408 e. The Hall–Kier alpha value is -3.35. The molecule has 0 aliphatic heterocycles. The number of hydrogen-bond acceptors (Lipinski definition) is 4. The van der Waals surface area contributed by atoms with Gasteiger partial charge in [0.1, 0.15) is 17.7 Å². The fourth-order valence-electron chi connectivity index (χ4n) is 4.54. The van der Waals surface area contributed by atoms with E-state index in [0.717, 1.165) is 28.7 Å². The van der Waals surface area contributed by atoms with Crippen molar-refractivity contribution in [1.82, 2.24) is 10.2 Å². The number of anilines is 1. The Morgan fingerprint density at radius 1 is 0.974 bits per heavy atom. The number of benzene rings is 2. The van der Waals surface area contributed by atoms with Crippen LogP contribution in [0.2, 0.25) is 0 Å². The summed E-state index contributed by atoms with van der Waals surface area (Å²) < 4.78 is 5.48. The molecule has 0 saturated heterocycles. The van der Waals surface area contributed by atoms with Crippen molar-refractivity contribution in [2.45, 2.75) is 99.3 Å². The van der Waals surface area contributed by atoms with Gasteiger partial charge in [-0.05, 0) is 83.1 Å². The van der Waals surface area contributed by atoms with Crippen LogP contribution in [0.1, 0.15) is 89.1 Å². The van der Waals surface area contributed by atoms with Gasteiger partial charge in [0.2, 0.25) is 5.91 Å². The van der Waals surface area contributed by atoms with Crippen molar-refractivity contribution < 1.29 is 19.1 Å². The van der Waals surface area contributed by atoms with Crippen molar-refractivity contribution in [3.05, 3.63) is 64.7 Å². The summed E-state index contributed by atoms with van der Waals surface area (Å²) in [5, 5.41) is 5.87. The molecule has 0 saturated carbocycles. The van der Waals surface area contributed by atoms with E-state index in [1.54, 1.807) is 25.7 Å². The van der Waals surface area contributed by atoms with Crippen LogP contribution in [0, 0.1) is 26.7 Å². The Bertz CT molecular complexity index is 1140. The first kappa shape index (κ1) is 31.9. The van der Waals surface area contributed by atoms with Crippen LogP contribution >= 0.6 is 0 Å². The van der Waals surface area contributed by atoms with Gasteiger partial charge in [0.05, 0.1) is 0 Å². The summed E-state index contributed by atoms with van der Waals surface area (Å²) in [6, 6.07) is 11.8. The molecule has 0 aliphatic carbocycles. The van der Waals surface area contributed by atoms with Crippen molar-refractivity contribution in [3.63, 3.8) is 0 Å². The highest BCUT2D eigenvalue weighted by Crippen LogP contribution is 2.29.